The van der Waals surface area contributed by atoms with Gasteiger partial charge in [-0.05, 0) is 54.2 Å². The Morgan fingerprint density at radius 2 is 1.63 bits per heavy atom. The van der Waals surface area contributed by atoms with Crippen LogP contribution in [0.4, 0.5) is 24.5 Å². The number of nitrogens with zero attached hydrogens (tertiary/aromatic N) is 3. The molecule has 3 aromatic rings. The predicted molar refractivity (Wildman–Crippen MR) is 145 cm³/mol. The van der Waals surface area contributed by atoms with Crippen molar-refractivity contribution in [2.75, 3.05) is 19.5 Å². The zero-order valence-corrected chi connectivity index (χ0v) is 21.0. The van der Waals surface area contributed by atoms with Crippen LogP contribution >= 0.6 is 12.2 Å². The molecule has 0 heterocycles. The van der Waals surface area contributed by atoms with Gasteiger partial charge in [0.1, 0.15) is 29.4 Å². The number of nitrogens with two attached hydrogens (primary N) is 1. The maximum atomic E-state index is 12.2. The van der Waals surface area contributed by atoms with Crippen molar-refractivity contribution in [1.29, 1.82) is 0 Å². The van der Waals surface area contributed by atoms with Crippen LogP contribution in [-0.2, 0) is 0 Å². The van der Waals surface area contributed by atoms with Gasteiger partial charge in [-0.25, -0.2) is 9.98 Å². The Bertz CT molecular complexity index is 1330. The number of benzene rings is 3. The van der Waals surface area contributed by atoms with Gasteiger partial charge in [0.2, 0.25) is 0 Å². The normalized spacial score (nSPS) is 12.0. The molecule has 0 spiro atoms. The highest BCUT2D eigenvalue weighted by molar-refractivity contribution is 7.80. The fourth-order valence-corrected chi connectivity index (χ4v) is 3.09. The summed E-state index contributed by atoms with van der Waals surface area (Å²) < 4.78 is 51.0. The molecule has 0 aliphatic carbocycles. The van der Waals surface area contributed by atoms with Gasteiger partial charge < -0.3 is 25.3 Å². The maximum Gasteiger partial charge on any atom is 0.573 e. The molecule has 0 amide bonds. The molecule has 0 aliphatic heterocycles. The summed E-state index contributed by atoms with van der Waals surface area (Å²) >= 11 is 5.26. The van der Waals surface area contributed by atoms with Crippen molar-refractivity contribution in [3.63, 3.8) is 0 Å². The Balaban J connectivity index is 1.52. The van der Waals surface area contributed by atoms with Crippen LogP contribution in [0.1, 0.15) is 11.1 Å². The summed E-state index contributed by atoms with van der Waals surface area (Å²) in [5, 5.41) is 7.37. The molecule has 3 aromatic carbocycles. The number of ether oxygens (including phenoxy) is 3. The average molecular weight is 545 g/mol. The maximum absolute atomic E-state index is 12.2. The minimum absolute atomic E-state index is 0.200. The topological polar surface area (TPSA) is 115 Å². The SMILES string of the molecule is COc1ccc(NC(=S)N/N=C/c2ccc(C(N)=NC=Nc3ccc(OC(F)(F)F)cc3)cc2)c(OC)c1. The summed E-state index contributed by atoms with van der Waals surface area (Å²) in [5.41, 5.74) is 11.2. The first-order valence-electron chi connectivity index (χ1n) is 10.8. The van der Waals surface area contributed by atoms with E-state index in [4.69, 9.17) is 27.4 Å². The number of hydrogen-bond donors (Lipinski definition) is 3. The number of halogens is 3. The number of amidine groups is 1. The predicted octanol–water partition coefficient (Wildman–Crippen LogP) is 4.99. The first kappa shape index (κ1) is 27.9. The Morgan fingerprint density at radius 3 is 2.26 bits per heavy atom. The van der Waals surface area contributed by atoms with Crippen LogP contribution in [0.2, 0.25) is 0 Å². The Hall–Kier alpha value is -4.65. The molecule has 3 rings (SSSR count). The first-order valence-corrected chi connectivity index (χ1v) is 11.2. The Morgan fingerprint density at radius 1 is 0.947 bits per heavy atom. The van der Waals surface area contributed by atoms with Gasteiger partial charge in [0.25, 0.3) is 0 Å². The molecule has 4 N–H and O–H groups in total. The van der Waals surface area contributed by atoms with Gasteiger partial charge in [0, 0.05) is 11.6 Å². The molecule has 0 saturated heterocycles. The van der Waals surface area contributed by atoms with Crippen molar-refractivity contribution in [2.24, 2.45) is 20.8 Å². The van der Waals surface area contributed by atoms with Gasteiger partial charge in [-0.15, -0.1) is 13.2 Å². The molecular weight excluding hydrogens is 521 g/mol. The third-order valence-electron chi connectivity index (χ3n) is 4.72. The third-order valence-corrected chi connectivity index (χ3v) is 4.91. The van der Waals surface area contributed by atoms with E-state index in [9.17, 15) is 13.2 Å². The molecule has 0 unspecified atom stereocenters. The highest BCUT2D eigenvalue weighted by Crippen LogP contribution is 2.29. The molecule has 0 aromatic heterocycles. The van der Waals surface area contributed by atoms with Gasteiger partial charge in [0.05, 0.1) is 31.8 Å². The number of thiocarbonyl (C=S) groups is 1. The molecule has 0 radical (unpaired) electrons. The number of nitrogens with one attached hydrogen (secondary N) is 2. The van der Waals surface area contributed by atoms with Crippen molar-refractivity contribution in [3.8, 4) is 17.2 Å². The zero-order chi connectivity index (χ0) is 27.5. The van der Waals surface area contributed by atoms with Crippen LogP contribution < -0.4 is 30.7 Å². The van der Waals surface area contributed by atoms with Crippen LogP contribution in [0, 0.1) is 0 Å². The minimum Gasteiger partial charge on any atom is -0.497 e. The molecule has 0 bridgehead atoms. The largest absolute Gasteiger partial charge is 0.573 e. The molecule has 0 fully saturated rings. The van der Waals surface area contributed by atoms with E-state index in [1.807, 2.05) is 0 Å². The zero-order valence-electron chi connectivity index (χ0n) is 20.2. The lowest BCUT2D eigenvalue weighted by Gasteiger charge is -2.12. The van der Waals surface area contributed by atoms with Crippen LogP contribution in [0.3, 0.4) is 0 Å². The third kappa shape index (κ3) is 8.78. The lowest BCUT2D eigenvalue weighted by atomic mass is 10.1. The van der Waals surface area contributed by atoms with Crippen LogP contribution in [-0.4, -0.2) is 44.1 Å². The van der Waals surface area contributed by atoms with Crippen molar-refractivity contribution >= 4 is 47.1 Å². The van der Waals surface area contributed by atoms with Gasteiger partial charge in [0.15, 0.2) is 5.11 Å². The number of methoxy groups -OCH3 is 2. The summed E-state index contributed by atoms with van der Waals surface area (Å²) in [4.78, 5) is 8.10. The number of alkyl halides is 3. The fraction of sp³-hybridized carbons (Fsp3) is 0.120. The standard InChI is InChI=1S/C25H23F3N6O3S/c1-35-20-11-12-21(22(13-20)36-2)33-24(38)34-32-14-16-3-5-17(6-4-16)23(29)31-15-30-18-7-9-19(10-8-18)37-25(26,27)28/h3-15H,1-2H3,(H2,29,30,31)(H2,33,34,38)/b32-14+. The van der Waals surface area contributed by atoms with E-state index >= 15 is 0 Å². The van der Waals surface area contributed by atoms with E-state index in [-0.39, 0.29) is 16.7 Å². The summed E-state index contributed by atoms with van der Waals surface area (Å²) in [6.45, 7) is 0. The summed E-state index contributed by atoms with van der Waals surface area (Å²) in [6, 6.07) is 17.4. The number of anilines is 1. The lowest BCUT2D eigenvalue weighted by molar-refractivity contribution is -0.274. The molecule has 0 aliphatic rings. The molecule has 198 valence electrons. The van der Waals surface area contributed by atoms with E-state index in [1.165, 1.54) is 18.5 Å². The number of rotatable bonds is 9. The van der Waals surface area contributed by atoms with E-state index in [2.05, 4.69) is 30.6 Å². The van der Waals surface area contributed by atoms with Crippen molar-refractivity contribution < 1.29 is 27.4 Å². The average Bonchev–Trinajstić information content (AvgIpc) is 2.89. The smallest absolute Gasteiger partial charge is 0.497 e. The fourth-order valence-electron chi connectivity index (χ4n) is 2.92. The van der Waals surface area contributed by atoms with Crippen LogP contribution in [0.5, 0.6) is 17.2 Å². The van der Waals surface area contributed by atoms with Crippen molar-refractivity contribution in [2.45, 2.75) is 6.36 Å². The molecule has 9 nitrogen and oxygen atoms in total. The molecule has 0 atom stereocenters. The van der Waals surface area contributed by atoms with E-state index in [0.29, 0.717) is 28.4 Å². The minimum atomic E-state index is -4.75. The lowest BCUT2D eigenvalue weighted by Crippen LogP contribution is -2.24. The van der Waals surface area contributed by atoms with Gasteiger partial charge in [-0.1, -0.05) is 24.3 Å². The van der Waals surface area contributed by atoms with Crippen LogP contribution in [0.15, 0.2) is 81.8 Å². The number of hydrogen-bond acceptors (Lipinski definition) is 6. The summed E-state index contributed by atoms with van der Waals surface area (Å²) in [7, 11) is 3.11. The van der Waals surface area contributed by atoms with E-state index < -0.39 is 6.36 Å². The number of aliphatic imine (C=N–C) groups is 2. The van der Waals surface area contributed by atoms with Gasteiger partial charge >= 0.3 is 6.36 Å². The quantitative estimate of drug-likeness (QED) is 0.151. The van der Waals surface area contributed by atoms with Gasteiger partial charge in [-0.3, -0.25) is 5.43 Å². The van der Waals surface area contributed by atoms with Gasteiger partial charge in [-0.2, -0.15) is 5.10 Å². The molecule has 0 saturated carbocycles. The molecular formula is C25H23F3N6O3S. The van der Waals surface area contributed by atoms with Crippen molar-refractivity contribution in [3.05, 3.63) is 77.9 Å². The first-order chi connectivity index (χ1) is 18.2. The number of hydrazone groups is 1. The second kappa shape index (κ2) is 13.1. The van der Waals surface area contributed by atoms with E-state index in [0.717, 1.165) is 17.7 Å². The second-order valence-electron chi connectivity index (χ2n) is 7.31. The molecule has 38 heavy (non-hydrogen) atoms. The summed E-state index contributed by atoms with van der Waals surface area (Å²) in [6.07, 6.45) is -1.97. The molecule has 13 heteroatoms. The van der Waals surface area contributed by atoms with Crippen LogP contribution in [0.25, 0.3) is 0 Å². The highest BCUT2D eigenvalue weighted by atomic mass is 32.1. The van der Waals surface area contributed by atoms with E-state index in [1.54, 1.807) is 62.9 Å². The van der Waals surface area contributed by atoms with Crippen molar-refractivity contribution in [1.82, 2.24) is 5.43 Å². The summed E-state index contributed by atoms with van der Waals surface area (Å²) in [5.74, 6) is 1.07. The Labute approximate surface area is 221 Å². The highest BCUT2D eigenvalue weighted by Gasteiger charge is 2.30. The second-order valence-corrected chi connectivity index (χ2v) is 7.72. The monoisotopic (exact) mass is 544 g/mol. The Kier molecular flexibility index (Phi) is 9.60.